The molecule has 0 bridgehead atoms. The first kappa shape index (κ1) is 24.2. The van der Waals surface area contributed by atoms with Gasteiger partial charge in [0.05, 0.1) is 25.8 Å². The van der Waals surface area contributed by atoms with Gasteiger partial charge in [0.1, 0.15) is 5.75 Å². The van der Waals surface area contributed by atoms with Crippen LogP contribution in [0.25, 0.3) is 0 Å². The van der Waals surface area contributed by atoms with Gasteiger partial charge in [0.25, 0.3) is 11.8 Å². The molecule has 31 heavy (non-hydrogen) atoms. The van der Waals surface area contributed by atoms with Crippen LogP contribution in [0, 0.1) is 6.92 Å². The molecule has 0 fully saturated rings. The zero-order valence-corrected chi connectivity index (χ0v) is 19.7. The van der Waals surface area contributed by atoms with Crippen molar-refractivity contribution in [3.8, 4) is 23.0 Å². The minimum absolute atomic E-state index is 0.108. The lowest BCUT2D eigenvalue weighted by molar-refractivity contribution is -0.123. The number of methoxy groups -OCH3 is 3. The molecule has 2 amide bonds. The number of rotatable bonds is 7. The summed E-state index contributed by atoms with van der Waals surface area (Å²) in [5, 5.41) is 2.34. The number of thiocarbonyl (C=S) groups is 1. The second kappa shape index (κ2) is 11.4. The molecule has 166 valence electrons. The van der Waals surface area contributed by atoms with Crippen molar-refractivity contribution in [1.82, 2.24) is 16.2 Å². The van der Waals surface area contributed by atoms with Crippen molar-refractivity contribution in [3.63, 3.8) is 0 Å². The Hall–Kier alpha value is -3.05. The van der Waals surface area contributed by atoms with Gasteiger partial charge in [-0.25, -0.2) is 0 Å². The molecule has 0 aromatic heterocycles. The van der Waals surface area contributed by atoms with Crippen molar-refractivity contribution < 1.29 is 28.5 Å². The number of aryl methyl sites for hydroxylation is 1. The summed E-state index contributed by atoms with van der Waals surface area (Å²) in [5.41, 5.74) is 6.07. The maximum Gasteiger partial charge on any atom is 0.276 e. The lowest BCUT2D eigenvalue weighted by Crippen LogP contribution is -2.49. The molecular weight excluding hydrogens is 490 g/mol. The molecule has 0 aliphatic carbocycles. The van der Waals surface area contributed by atoms with E-state index in [1.54, 1.807) is 6.07 Å². The Morgan fingerprint density at radius 3 is 2.16 bits per heavy atom. The molecule has 2 aromatic rings. The van der Waals surface area contributed by atoms with E-state index in [0.29, 0.717) is 23.0 Å². The third kappa shape index (κ3) is 6.72. The highest BCUT2D eigenvalue weighted by molar-refractivity contribution is 9.10. The van der Waals surface area contributed by atoms with Crippen molar-refractivity contribution >= 4 is 45.1 Å². The third-order valence-electron chi connectivity index (χ3n) is 3.92. The van der Waals surface area contributed by atoms with Crippen molar-refractivity contribution in [2.45, 2.75) is 6.92 Å². The van der Waals surface area contributed by atoms with Crippen molar-refractivity contribution in [3.05, 3.63) is 45.9 Å². The second-order valence-electron chi connectivity index (χ2n) is 6.09. The molecule has 0 aliphatic rings. The number of carbonyl (C=O) groups is 2. The van der Waals surface area contributed by atoms with Crippen LogP contribution in [-0.2, 0) is 4.79 Å². The molecule has 11 heteroatoms. The number of hydrazine groups is 1. The lowest BCUT2D eigenvalue weighted by atomic mass is 10.1. The Morgan fingerprint density at radius 2 is 1.61 bits per heavy atom. The number of hydrogen-bond acceptors (Lipinski definition) is 7. The largest absolute Gasteiger partial charge is 0.493 e. The second-order valence-corrected chi connectivity index (χ2v) is 7.36. The molecule has 0 saturated carbocycles. The number of ether oxygens (including phenoxy) is 4. The van der Waals surface area contributed by atoms with Crippen LogP contribution in [0.4, 0.5) is 0 Å². The van der Waals surface area contributed by atoms with Crippen LogP contribution in [-0.4, -0.2) is 44.9 Å². The van der Waals surface area contributed by atoms with Crippen molar-refractivity contribution in [2.75, 3.05) is 27.9 Å². The molecule has 3 N–H and O–H groups in total. The molecule has 0 unspecified atom stereocenters. The third-order valence-corrected chi connectivity index (χ3v) is 4.74. The summed E-state index contributed by atoms with van der Waals surface area (Å²) in [5.74, 6) is 0.494. The zero-order chi connectivity index (χ0) is 23.0. The topological polar surface area (TPSA) is 107 Å². The fourth-order valence-electron chi connectivity index (χ4n) is 2.45. The highest BCUT2D eigenvalue weighted by atomic mass is 79.9. The molecule has 0 atom stereocenters. The molecule has 0 saturated heterocycles. The van der Waals surface area contributed by atoms with Crippen LogP contribution in [0.1, 0.15) is 15.9 Å². The normalized spacial score (nSPS) is 9.97. The number of amides is 2. The minimum atomic E-state index is -0.536. The predicted molar refractivity (Wildman–Crippen MR) is 122 cm³/mol. The van der Waals surface area contributed by atoms with Gasteiger partial charge in [-0.15, -0.1) is 0 Å². The van der Waals surface area contributed by atoms with Crippen LogP contribution >= 0.6 is 28.1 Å². The number of halogens is 1. The van der Waals surface area contributed by atoms with E-state index in [-0.39, 0.29) is 17.3 Å². The maximum absolute atomic E-state index is 12.5. The fraction of sp³-hybridized carbons (Fsp3) is 0.250. The first-order valence-corrected chi connectivity index (χ1v) is 10.1. The predicted octanol–water partition coefficient (Wildman–Crippen LogP) is 2.50. The van der Waals surface area contributed by atoms with E-state index in [1.165, 1.54) is 33.5 Å². The van der Waals surface area contributed by atoms with Gasteiger partial charge < -0.3 is 18.9 Å². The van der Waals surface area contributed by atoms with E-state index < -0.39 is 11.8 Å². The highest BCUT2D eigenvalue weighted by Gasteiger charge is 2.18. The van der Waals surface area contributed by atoms with Gasteiger partial charge in [-0.1, -0.05) is 6.07 Å². The average molecular weight is 512 g/mol. The lowest BCUT2D eigenvalue weighted by Gasteiger charge is -2.15. The summed E-state index contributed by atoms with van der Waals surface area (Å²) in [7, 11) is 4.35. The molecule has 0 radical (unpaired) electrons. The molecular formula is C20H22BrN3O6S. The van der Waals surface area contributed by atoms with Gasteiger partial charge in [0, 0.05) is 5.56 Å². The van der Waals surface area contributed by atoms with E-state index in [4.69, 9.17) is 31.2 Å². The first-order valence-electron chi connectivity index (χ1n) is 8.88. The Morgan fingerprint density at radius 1 is 0.968 bits per heavy atom. The van der Waals surface area contributed by atoms with Crippen LogP contribution in [0.15, 0.2) is 34.8 Å². The van der Waals surface area contributed by atoms with Crippen LogP contribution in [0.3, 0.4) is 0 Å². The molecule has 2 rings (SSSR count). The van der Waals surface area contributed by atoms with Crippen LogP contribution in [0.2, 0.25) is 0 Å². The summed E-state index contributed by atoms with van der Waals surface area (Å²) in [4.78, 5) is 24.4. The Balaban J connectivity index is 1.89. The van der Waals surface area contributed by atoms with E-state index >= 15 is 0 Å². The summed E-state index contributed by atoms with van der Waals surface area (Å²) >= 11 is 8.41. The number of carbonyl (C=O) groups excluding carboxylic acids is 2. The standard InChI is InChI=1S/C20H22BrN3O6S/c1-11-5-6-14(13(21)7-11)30-10-17(25)23-24-20(31)22-19(26)12-8-15(27-2)18(29-4)16(9-12)28-3/h5-9H,10H2,1-4H3,(H,23,25)(H2,22,24,26,31). The SMILES string of the molecule is COc1cc(C(=O)NC(=S)NNC(=O)COc2ccc(C)cc2Br)cc(OC)c1OC. The Labute approximate surface area is 193 Å². The summed E-state index contributed by atoms with van der Waals surface area (Å²) in [6.07, 6.45) is 0. The van der Waals surface area contributed by atoms with Crippen molar-refractivity contribution in [2.24, 2.45) is 0 Å². The van der Waals surface area contributed by atoms with E-state index in [0.717, 1.165) is 10.0 Å². The van der Waals surface area contributed by atoms with E-state index in [9.17, 15) is 9.59 Å². The Kier molecular flexibility index (Phi) is 8.88. The quantitative estimate of drug-likeness (QED) is 0.384. The fourth-order valence-corrected chi connectivity index (χ4v) is 3.20. The van der Waals surface area contributed by atoms with Crippen LogP contribution < -0.4 is 35.1 Å². The number of nitrogens with one attached hydrogen (secondary N) is 3. The van der Waals surface area contributed by atoms with Gasteiger partial charge in [-0.2, -0.15) is 0 Å². The molecule has 0 spiro atoms. The monoisotopic (exact) mass is 511 g/mol. The van der Waals surface area contributed by atoms with Crippen LogP contribution in [0.5, 0.6) is 23.0 Å². The summed E-state index contributed by atoms with van der Waals surface area (Å²) in [6.45, 7) is 1.69. The maximum atomic E-state index is 12.5. The number of hydrogen-bond donors (Lipinski definition) is 3. The smallest absolute Gasteiger partial charge is 0.276 e. The molecule has 2 aromatic carbocycles. The molecule has 0 aliphatic heterocycles. The Bertz CT molecular complexity index is 960. The number of benzene rings is 2. The highest BCUT2D eigenvalue weighted by Crippen LogP contribution is 2.38. The zero-order valence-electron chi connectivity index (χ0n) is 17.3. The molecule has 9 nitrogen and oxygen atoms in total. The van der Waals surface area contributed by atoms with Gasteiger partial charge >= 0.3 is 0 Å². The van der Waals surface area contributed by atoms with E-state index in [2.05, 4.69) is 32.1 Å². The van der Waals surface area contributed by atoms with Crippen molar-refractivity contribution in [1.29, 1.82) is 0 Å². The summed E-state index contributed by atoms with van der Waals surface area (Å²) in [6, 6.07) is 8.45. The first-order chi connectivity index (χ1) is 14.8. The molecule has 0 heterocycles. The minimum Gasteiger partial charge on any atom is -0.493 e. The van der Waals surface area contributed by atoms with E-state index in [1.807, 2.05) is 19.1 Å². The van der Waals surface area contributed by atoms with Gasteiger partial charge in [-0.3, -0.25) is 25.8 Å². The van der Waals surface area contributed by atoms with Gasteiger partial charge in [0.15, 0.2) is 23.2 Å². The van der Waals surface area contributed by atoms with Gasteiger partial charge in [0.2, 0.25) is 5.75 Å². The van der Waals surface area contributed by atoms with Gasteiger partial charge in [-0.05, 0) is 64.9 Å². The summed E-state index contributed by atoms with van der Waals surface area (Å²) < 4.78 is 21.9. The average Bonchev–Trinajstić information content (AvgIpc) is 2.75.